The number of hydrogen-bond donors (Lipinski definition) is 2. The van der Waals surface area contributed by atoms with Crippen molar-refractivity contribution in [2.24, 2.45) is 0 Å². The van der Waals surface area contributed by atoms with Crippen LogP contribution in [0.2, 0.25) is 0 Å². The van der Waals surface area contributed by atoms with E-state index >= 15 is 0 Å². The second kappa shape index (κ2) is 6.64. The summed E-state index contributed by atoms with van der Waals surface area (Å²) in [4.78, 5) is 11.6. The van der Waals surface area contributed by atoms with Crippen molar-refractivity contribution in [3.8, 4) is 0 Å². The third kappa shape index (κ3) is 3.52. The Labute approximate surface area is 112 Å². The highest BCUT2D eigenvalue weighted by atomic mass is 32.2. The minimum atomic E-state index is -3.79. The number of hydrogen-bond acceptors (Lipinski definition) is 6. The fourth-order valence-corrected chi connectivity index (χ4v) is 2.60. The first-order chi connectivity index (χ1) is 8.95. The van der Waals surface area contributed by atoms with Gasteiger partial charge in [-0.05, 0) is 14.0 Å². The highest BCUT2D eigenvalue weighted by molar-refractivity contribution is 7.89. The second-order valence-corrected chi connectivity index (χ2v) is 5.75. The quantitative estimate of drug-likeness (QED) is 0.651. The van der Waals surface area contributed by atoms with Gasteiger partial charge in [0.2, 0.25) is 0 Å². The van der Waals surface area contributed by atoms with Gasteiger partial charge < -0.3 is 10.1 Å². The molecular weight excluding hydrogens is 272 g/mol. The Morgan fingerprint density at radius 3 is 2.84 bits per heavy atom. The standard InChI is InChI=1S/C10H18N4O4S/c1-4-18-10(15)8-7-12-13-9(8)19(16,17)14(3)6-5-11-2/h7,11H,4-6H2,1-3H3,(H,12,13). The first kappa shape index (κ1) is 15.6. The number of ether oxygens (including phenoxy) is 1. The number of carbonyl (C=O) groups is 1. The van der Waals surface area contributed by atoms with Crippen molar-refractivity contribution in [2.45, 2.75) is 11.9 Å². The Hall–Kier alpha value is -1.45. The van der Waals surface area contributed by atoms with Crippen LogP contribution in [0.3, 0.4) is 0 Å². The Morgan fingerprint density at radius 1 is 1.58 bits per heavy atom. The number of nitrogens with one attached hydrogen (secondary N) is 2. The summed E-state index contributed by atoms with van der Waals surface area (Å²) in [7, 11) is -0.632. The molecule has 0 aliphatic heterocycles. The van der Waals surface area contributed by atoms with E-state index in [1.54, 1.807) is 14.0 Å². The Morgan fingerprint density at radius 2 is 2.26 bits per heavy atom. The van der Waals surface area contributed by atoms with Crippen LogP contribution in [-0.2, 0) is 14.8 Å². The molecule has 19 heavy (non-hydrogen) atoms. The maximum Gasteiger partial charge on any atom is 0.342 e. The molecule has 1 heterocycles. The van der Waals surface area contributed by atoms with E-state index in [1.165, 1.54) is 7.05 Å². The predicted octanol–water partition coefficient (Wildman–Crippen LogP) is -0.574. The van der Waals surface area contributed by atoms with Crippen molar-refractivity contribution in [1.82, 2.24) is 19.8 Å². The molecule has 1 rings (SSSR count). The number of aromatic nitrogens is 2. The summed E-state index contributed by atoms with van der Waals surface area (Å²) in [5, 5.41) is 8.55. The van der Waals surface area contributed by atoms with Crippen LogP contribution in [0.25, 0.3) is 0 Å². The van der Waals surface area contributed by atoms with E-state index in [1.807, 2.05) is 0 Å². The van der Waals surface area contributed by atoms with Gasteiger partial charge in [-0.15, -0.1) is 0 Å². The Bertz CT molecular complexity index is 525. The smallest absolute Gasteiger partial charge is 0.342 e. The lowest BCUT2D eigenvalue weighted by atomic mass is 10.4. The molecule has 1 aromatic heterocycles. The first-order valence-electron chi connectivity index (χ1n) is 5.76. The van der Waals surface area contributed by atoms with E-state index in [-0.39, 0.29) is 23.7 Å². The lowest BCUT2D eigenvalue weighted by Crippen LogP contribution is -2.33. The molecule has 0 aliphatic carbocycles. The summed E-state index contributed by atoms with van der Waals surface area (Å²) in [6.45, 7) is 2.59. The summed E-state index contributed by atoms with van der Waals surface area (Å²) < 4.78 is 30.4. The number of esters is 1. The average molecular weight is 290 g/mol. The second-order valence-electron chi connectivity index (χ2n) is 3.76. The molecule has 9 heteroatoms. The molecule has 0 bridgehead atoms. The van der Waals surface area contributed by atoms with Gasteiger partial charge in [0.1, 0.15) is 5.56 Å². The van der Waals surface area contributed by atoms with Crippen LogP contribution in [0.5, 0.6) is 0 Å². The van der Waals surface area contributed by atoms with Crippen molar-refractivity contribution in [3.63, 3.8) is 0 Å². The molecule has 0 aromatic carbocycles. The molecule has 2 N–H and O–H groups in total. The van der Waals surface area contributed by atoms with Crippen LogP contribution in [0.1, 0.15) is 17.3 Å². The zero-order chi connectivity index (χ0) is 14.5. The maximum atomic E-state index is 12.2. The molecule has 0 aliphatic rings. The van der Waals surface area contributed by atoms with Crippen LogP contribution in [0.4, 0.5) is 0 Å². The van der Waals surface area contributed by atoms with Crippen LogP contribution in [-0.4, -0.2) is 62.7 Å². The summed E-state index contributed by atoms with van der Waals surface area (Å²) in [5.41, 5.74) is -0.0850. The van der Waals surface area contributed by atoms with E-state index in [0.29, 0.717) is 6.54 Å². The summed E-state index contributed by atoms with van der Waals surface area (Å²) in [6.07, 6.45) is 1.15. The molecule has 108 valence electrons. The van der Waals surface area contributed by atoms with Crippen LogP contribution in [0, 0.1) is 0 Å². The first-order valence-corrected chi connectivity index (χ1v) is 7.20. The summed E-state index contributed by atoms with van der Waals surface area (Å²) >= 11 is 0. The van der Waals surface area contributed by atoms with Crippen LogP contribution >= 0.6 is 0 Å². The molecule has 0 unspecified atom stereocenters. The van der Waals surface area contributed by atoms with Gasteiger partial charge in [-0.1, -0.05) is 0 Å². The SMILES string of the molecule is CCOC(=O)c1cn[nH]c1S(=O)(=O)N(C)CCNC. The van der Waals surface area contributed by atoms with E-state index in [2.05, 4.69) is 15.5 Å². The van der Waals surface area contributed by atoms with Crippen molar-refractivity contribution in [3.05, 3.63) is 11.8 Å². The zero-order valence-corrected chi connectivity index (χ0v) is 12.0. The molecule has 8 nitrogen and oxygen atoms in total. The number of H-pyrrole nitrogens is 1. The average Bonchev–Trinajstić information content (AvgIpc) is 2.85. The number of sulfonamides is 1. The van der Waals surface area contributed by atoms with Crippen molar-refractivity contribution in [1.29, 1.82) is 0 Å². The molecule has 0 atom stereocenters. The van der Waals surface area contributed by atoms with Crippen LogP contribution in [0.15, 0.2) is 11.2 Å². The highest BCUT2D eigenvalue weighted by Crippen LogP contribution is 2.17. The minimum absolute atomic E-state index is 0.0850. The highest BCUT2D eigenvalue weighted by Gasteiger charge is 2.29. The molecule has 0 amide bonds. The van der Waals surface area contributed by atoms with Gasteiger partial charge in [-0.2, -0.15) is 9.40 Å². The number of aromatic amines is 1. The monoisotopic (exact) mass is 290 g/mol. The fraction of sp³-hybridized carbons (Fsp3) is 0.600. The maximum absolute atomic E-state index is 12.2. The third-order valence-electron chi connectivity index (χ3n) is 2.44. The summed E-state index contributed by atoms with van der Waals surface area (Å²) in [6, 6.07) is 0. The van der Waals surface area contributed by atoms with E-state index < -0.39 is 16.0 Å². The van der Waals surface area contributed by atoms with E-state index in [9.17, 15) is 13.2 Å². The zero-order valence-electron chi connectivity index (χ0n) is 11.1. The number of carbonyl (C=O) groups excluding carboxylic acids is 1. The molecule has 0 saturated carbocycles. The third-order valence-corrected chi connectivity index (χ3v) is 4.27. The lowest BCUT2D eigenvalue weighted by Gasteiger charge is -2.16. The van der Waals surface area contributed by atoms with Gasteiger partial charge in [-0.3, -0.25) is 5.10 Å². The molecule has 0 fully saturated rings. The fourth-order valence-electron chi connectivity index (χ4n) is 1.37. The summed E-state index contributed by atoms with van der Waals surface area (Å²) in [5.74, 6) is -0.711. The Balaban J connectivity index is 3.02. The predicted molar refractivity (Wildman–Crippen MR) is 68.3 cm³/mol. The lowest BCUT2D eigenvalue weighted by molar-refractivity contribution is 0.0521. The minimum Gasteiger partial charge on any atom is -0.462 e. The van der Waals surface area contributed by atoms with Gasteiger partial charge in [0.05, 0.1) is 12.8 Å². The largest absolute Gasteiger partial charge is 0.462 e. The van der Waals surface area contributed by atoms with Crippen molar-refractivity contribution < 1.29 is 17.9 Å². The molecule has 0 spiro atoms. The van der Waals surface area contributed by atoms with Crippen molar-refractivity contribution >= 4 is 16.0 Å². The van der Waals surface area contributed by atoms with E-state index in [0.717, 1.165) is 10.5 Å². The van der Waals surface area contributed by atoms with Gasteiger partial charge in [-0.25, -0.2) is 13.2 Å². The molecule has 0 saturated heterocycles. The van der Waals surface area contributed by atoms with Crippen molar-refractivity contribution in [2.75, 3.05) is 33.8 Å². The van der Waals surface area contributed by atoms with Gasteiger partial charge in [0, 0.05) is 20.1 Å². The molecule has 0 radical (unpaired) electrons. The van der Waals surface area contributed by atoms with Crippen LogP contribution < -0.4 is 5.32 Å². The topological polar surface area (TPSA) is 104 Å². The van der Waals surface area contributed by atoms with Gasteiger partial charge in [0.25, 0.3) is 10.0 Å². The van der Waals surface area contributed by atoms with E-state index in [4.69, 9.17) is 4.74 Å². The number of likely N-dealkylation sites (N-methyl/N-ethyl adjacent to an activating group) is 2. The normalized spacial score (nSPS) is 11.8. The van der Waals surface area contributed by atoms with Gasteiger partial charge >= 0.3 is 5.97 Å². The Kier molecular flexibility index (Phi) is 5.45. The molecular formula is C10H18N4O4S. The molecule has 1 aromatic rings. The van der Waals surface area contributed by atoms with Gasteiger partial charge in [0.15, 0.2) is 5.03 Å². The number of rotatable bonds is 7. The number of nitrogens with zero attached hydrogens (tertiary/aromatic N) is 2.